The monoisotopic (exact) mass is 349 g/mol. The second-order valence-electron chi connectivity index (χ2n) is 6.92. The summed E-state index contributed by atoms with van der Waals surface area (Å²) in [5.41, 5.74) is 3.90. The number of aromatic nitrogens is 4. The summed E-state index contributed by atoms with van der Waals surface area (Å²) in [5.74, 6) is 0.103. The van der Waals surface area contributed by atoms with Gasteiger partial charge in [-0.05, 0) is 57.0 Å². The van der Waals surface area contributed by atoms with Gasteiger partial charge in [-0.3, -0.25) is 9.48 Å². The van der Waals surface area contributed by atoms with E-state index >= 15 is 0 Å². The lowest BCUT2D eigenvalue weighted by atomic mass is 10.1. The highest BCUT2D eigenvalue weighted by molar-refractivity contribution is 5.94. The Balaban J connectivity index is 1.50. The van der Waals surface area contributed by atoms with Crippen LogP contribution in [0.3, 0.4) is 0 Å². The predicted octanol–water partition coefficient (Wildman–Crippen LogP) is 2.99. The molecule has 0 spiro atoms. The smallest absolute Gasteiger partial charge is 0.254 e. The van der Waals surface area contributed by atoms with Crippen LogP contribution in [0.15, 0.2) is 49.1 Å². The van der Waals surface area contributed by atoms with Crippen LogP contribution in [0.2, 0.25) is 0 Å². The topological polar surface area (TPSA) is 56.0 Å². The Hall–Kier alpha value is -2.89. The number of carbonyl (C=O) groups is 1. The van der Waals surface area contributed by atoms with Gasteiger partial charge in [-0.25, -0.2) is 4.98 Å². The molecule has 134 valence electrons. The van der Waals surface area contributed by atoms with Gasteiger partial charge in [-0.15, -0.1) is 0 Å². The van der Waals surface area contributed by atoms with Crippen LogP contribution in [0.5, 0.6) is 0 Å². The van der Waals surface area contributed by atoms with Crippen LogP contribution >= 0.6 is 0 Å². The number of amides is 1. The van der Waals surface area contributed by atoms with Crippen molar-refractivity contribution in [2.75, 3.05) is 6.54 Å². The zero-order chi connectivity index (χ0) is 18.1. The lowest BCUT2D eigenvalue weighted by molar-refractivity contribution is 0.0721. The molecule has 1 fully saturated rings. The molecule has 1 aromatic carbocycles. The van der Waals surface area contributed by atoms with E-state index in [4.69, 9.17) is 0 Å². The number of benzene rings is 1. The third-order valence-corrected chi connectivity index (χ3v) is 5.04. The van der Waals surface area contributed by atoms with E-state index in [1.165, 1.54) is 0 Å². The number of hydrogen-bond donors (Lipinski definition) is 0. The van der Waals surface area contributed by atoms with Crippen molar-refractivity contribution in [2.24, 2.45) is 0 Å². The molecule has 26 heavy (non-hydrogen) atoms. The van der Waals surface area contributed by atoms with E-state index in [1.807, 2.05) is 51.5 Å². The fraction of sp³-hybridized carbons (Fsp3) is 0.350. The van der Waals surface area contributed by atoms with Crippen LogP contribution < -0.4 is 0 Å². The molecule has 6 nitrogen and oxygen atoms in total. The normalized spacial score (nSPS) is 17.0. The lowest BCUT2D eigenvalue weighted by Crippen LogP contribution is -2.38. The summed E-state index contributed by atoms with van der Waals surface area (Å²) in [5, 5.41) is 4.55. The average molecular weight is 349 g/mol. The molecule has 0 saturated carbocycles. The van der Waals surface area contributed by atoms with Gasteiger partial charge in [0, 0.05) is 35.9 Å². The lowest BCUT2D eigenvalue weighted by Gasteiger charge is -2.25. The number of rotatable bonds is 4. The van der Waals surface area contributed by atoms with Crippen LogP contribution in [0.4, 0.5) is 0 Å². The third-order valence-electron chi connectivity index (χ3n) is 5.04. The van der Waals surface area contributed by atoms with Crippen LogP contribution in [0.1, 0.15) is 34.6 Å². The summed E-state index contributed by atoms with van der Waals surface area (Å²) in [4.78, 5) is 19.1. The quantitative estimate of drug-likeness (QED) is 0.728. The summed E-state index contributed by atoms with van der Waals surface area (Å²) < 4.78 is 3.95. The molecule has 4 rings (SSSR count). The van der Waals surface area contributed by atoms with E-state index in [0.717, 1.165) is 48.6 Å². The van der Waals surface area contributed by atoms with Crippen molar-refractivity contribution in [3.63, 3.8) is 0 Å². The van der Waals surface area contributed by atoms with E-state index < -0.39 is 0 Å². The standard InChI is InChI=1S/C20H23N5O/c1-15-12-16(2)25(22-15)13-19-4-3-10-24(19)20(26)17-5-7-18(8-6-17)23-11-9-21-14-23/h5-9,11-12,14,19H,3-4,10,13H2,1-2H3/t19-/m1/s1. The second kappa shape index (κ2) is 6.78. The van der Waals surface area contributed by atoms with Crippen molar-refractivity contribution >= 4 is 5.91 Å². The molecule has 1 aliphatic rings. The summed E-state index contributed by atoms with van der Waals surface area (Å²) in [6.07, 6.45) is 7.45. The molecule has 3 aromatic rings. The van der Waals surface area contributed by atoms with Crippen LogP contribution in [0.25, 0.3) is 5.69 Å². The molecule has 1 amide bonds. The van der Waals surface area contributed by atoms with Crippen LogP contribution in [-0.4, -0.2) is 42.7 Å². The molecule has 1 atom stereocenters. The Labute approximate surface area is 153 Å². The second-order valence-corrected chi connectivity index (χ2v) is 6.92. The molecule has 3 heterocycles. The number of likely N-dealkylation sites (tertiary alicyclic amines) is 1. The Morgan fingerprint density at radius 2 is 2.04 bits per heavy atom. The zero-order valence-corrected chi connectivity index (χ0v) is 15.2. The highest BCUT2D eigenvalue weighted by Crippen LogP contribution is 2.22. The van der Waals surface area contributed by atoms with Gasteiger partial charge in [-0.1, -0.05) is 0 Å². The predicted molar refractivity (Wildman–Crippen MR) is 99.3 cm³/mol. The van der Waals surface area contributed by atoms with Gasteiger partial charge < -0.3 is 9.47 Å². The fourth-order valence-corrected chi connectivity index (χ4v) is 3.71. The van der Waals surface area contributed by atoms with Crippen molar-refractivity contribution in [3.05, 3.63) is 66.0 Å². The maximum atomic E-state index is 13.0. The first-order valence-corrected chi connectivity index (χ1v) is 9.02. The molecule has 2 aromatic heterocycles. The first kappa shape index (κ1) is 16.6. The van der Waals surface area contributed by atoms with Crippen molar-refractivity contribution < 1.29 is 4.79 Å². The molecule has 1 saturated heterocycles. The van der Waals surface area contributed by atoms with Gasteiger partial charge in [-0.2, -0.15) is 5.10 Å². The Kier molecular flexibility index (Phi) is 4.32. The maximum Gasteiger partial charge on any atom is 0.254 e. The fourth-order valence-electron chi connectivity index (χ4n) is 3.71. The first-order chi connectivity index (χ1) is 12.6. The van der Waals surface area contributed by atoms with Crippen LogP contribution in [0, 0.1) is 13.8 Å². The minimum absolute atomic E-state index is 0.103. The molecule has 0 N–H and O–H groups in total. The molecule has 0 radical (unpaired) electrons. The van der Waals surface area contributed by atoms with Crippen molar-refractivity contribution in [1.82, 2.24) is 24.2 Å². The van der Waals surface area contributed by atoms with Gasteiger partial charge in [0.15, 0.2) is 0 Å². The zero-order valence-electron chi connectivity index (χ0n) is 15.2. The van der Waals surface area contributed by atoms with Crippen molar-refractivity contribution in [1.29, 1.82) is 0 Å². The van der Waals surface area contributed by atoms with Gasteiger partial charge in [0.05, 0.1) is 24.6 Å². The summed E-state index contributed by atoms with van der Waals surface area (Å²) in [6, 6.07) is 10.00. The number of nitrogens with zero attached hydrogens (tertiary/aromatic N) is 5. The number of carbonyl (C=O) groups excluding carboxylic acids is 1. The molecule has 0 bridgehead atoms. The van der Waals surface area contributed by atoms with E-state index in [9.17, 15) is 4.79 Å². The van der Waals surface area contributed by atoms with E-state index in [0.29, 0.717) is 0 Å². The van der Waals surface area contributed by atoms with Gasteiger partial charge in [0.1, 0.15) is 0 Å². The van der Waals surface area contributed by atoms with E-state index in [1.54, 1.807) is 12.5 Å². The minimum Gasteiger partial charge on any atom is -0.334 e. The van der Waals surface area contributed by atoms with Crippen molar-refractivity contribution in [2.45, 2.75) is 39.3 Å². The average Bonchev–Trinajstić information content (AvgIpc) is 3.37. The van der Waals surface area contributed by atoms with Crippen molar-refractivity contribution in [3.8, 4) is 5.69 Å². The number of hydrogen-bond acceptors (Lipinski definition) is 3. The van der Waals surface area contributed by atoms with E-state index in [2.05, 4.69) is 23.1 Å². The highest BCUT2D eigenvalue weighted by Gasteiger charge is 2.30. The van der Waals surface area contributed by atoms with E-state index in [-0.39, 0.29) is 11.9 Å². The minimum atomic E-state index is 0.103. The highest BCUT2D eigenvalue weighted by atomic mass is 16.2. The molecule has 0 unspecified atom stereocenters. The molecule has 6 heteroatoms. The molecular weight excluding hydrogens is 326 g/mol. The summed E-state index contributed by atoms with van der Waals surface area (Å²) >= 11 is 0. The largest absolute Gasteiger partial charge is 0.334 e. The van der Waals surface area contributed by atoms with Gasteiger partial charge in [0.25, 0.3) is 5.91 Å². The molecule has 0 aliphatic carbocycles. The Morgan fingerprint density at radius 1 is 1.23 bits per heavy atom. The third kappa shape index (κ3) is 3.14. The first-order valence-electron chi connectivity index (χ1n) is 9.02. The van der Waals surface area contributed by atoms with Crippen LogP contribution in [-0.2, 0) is 6.54 Å². The Bertz CT molecular complexity index is 895. The number of imidazole rings is 1. The van der Waals surface area contributed by atoms with Gasteiger partial charge >= 0.3 is 0 Å². The SMILES string of the molecule is Cc1cc(C)n(C[C@H]2CCCN2C(=O)c2ccc(-n3ccnc3)cc2)n1. The molecule has 1 aliphatic heterocycles. The summed E-state index contributed by atoms with van der Waals surface area (Å²) in [6.45, 7) is 5.64. The maximum absolute atomic E-state index is 13.0. The van der Waals surface area contributed by atoms with Gasteiger partial charge in [0.2, 0.25) is 0 Å². The molecular formula is C20H23N5O. The summed E-state index contributed by atoms with van der Waals surface area (Å²) in [7, 11) is 0. The Morgan fingerprint density at radius 3 is 2.69 bits per heavy atom. The number of aryl methyl sites for hydroxylation is 2.